The fraction of sp³-hybridized carbons (Fsp3) is 0.167. The van der Waals surface area contributed by atoms with Gasteiger partial charge in [0, 0.05) is 23.6 Å². The standard InChI is InChI=1S/C18H16N4O3S3/c23-16(12-26-10-13-4-2-1-3-5-13)19-17-20-21-18(28-17)27-11-14-6-8-15(9-7-14)22(24)25/h1-9H,10-12H2,(H,19,20,23). The zero-order chi connectivity index (χ0) is 19.8. The molecular formula is C18H16N4O3S3. The van der Waals surface area contributed by atoms with E-state index in [4.69, 9.17) is 0 Å². The summed E-state index contributed by atoms with van der Waals surface area (Å²) in [4.78, 5) is 22.3. The highest BCUT2D eigenvalue weighted by Crippen LogP contribution is 2.29. The van der Waals surface area contributed by atoms with Crippen molar-refractivity contribution in [2.75, 3.05) is 11.1 Å². The van der Waals surface area contributed by atoms with E-state index in [-0.39, 0.29) is 11.6 Å². The average molecular weight is 433 g/mol. The summed E-state index contributed by atoms with van der Waals surface area (Å²) in [7, 11) is 0. The second kappa shape index (κ2) is 10.2. The van der Waals surface area contributed by atoms with Crippen molar-refractivity contribution in [3.8, 4) is 0 Å². The summed E-state index contributed by atoms with van der Waals surface area (Å²) in [6.45, 7) is 0. The van der Waals surface area contributed by atoms with Crippen molar-refractivity contribution in [1.82, 2.24) is 10.2 Å². The topological polar surface area (TPSA) is 98.0 Å². The predicted molar refractivity (Wildman–Crippen MR) is 114 cm³/mol. The summed E-state index contributed by atoms with van der Waals surface area (Å²) in [5.74, 6) is 1.64. The van der Waals surface area contributed by atoms with Crippen LogP contribution in [0.25, 0.3) is 0 Å². The summed E-state index contributed by atoms with van der Waals surface area (Å²) in [5.41, 5.74) is 2.20. The lowest BCUT2D eigenvalue weighted by atomic mass is 10.2. The Labute approximate surface area is 174 Å². The van der Waals surface area contributed by atoms with Gasteiger partial charge in [0.25, 0.3) is 5.69 Å². The first-order chi connectivity index (χ1) is 13.6. The Morgan fingerprint density at radius 1 is 1.04 bits per heavy atom. The van der Waals surface area contributed by atoms with E-state index in [0.717, 1.165) is 15.7 Å². The lowest BCUT2D eigenvalue weighted by Crippen LogP contribution is -2.13. The molecule has 0 aliphatic rings. The highest BCUT2D eigenvalue weighted by molar-refractivity contribution is 8.00. The second-order valence-electron chi connectivity index (χ2n) is 5.61. The molecule has 0 saturated carbocycles. The minimum absolute atomic E-state index is 0.0693. The van der Waals surface area contributed by atoms with Gasteiger partial charge in [0.05, 0.1) is 10.7 Å². The number of hydrogen-bond acceptors (Lipinski definition) is 8. The van der Waals surface area contributed by atoms with Crippen LogP contribution in [0.4, 0.5) is 10.8 Å². The first-order valence-electron chi connectivity index (χ1n) is 8.21. The first-order valence-corrected chi connectivity index (χ1v) is 11.2. The Hall–Kier alpha value is -2.43. The summed E-state index contributed by atoms with van der Waals surface area (Å²) in [6, 6.07) is 16.4. The van der Waals surface area contributed by atoms with Crippen molar-refractivity contribution in [2.45, 2.75) is 15.8 Å². The third-order valence-electron chi connectivity index (χ3n) is 3.51. The molecule has 0 spiro atoms. The SMILES string of the molecule is O=C(CSCc1ccccc1)Nc1nnc(SCc2ccc([N+](=O)[O-])cc2)s1. The summed E-state index contributed by atoms with van der Waals surface area (Å²) in [5, 5.41) is 21.9. The summed E-state index contributed by atoms with van der Waals surface area (Å²) in [6.07, 6.45) is 0. The predicted octanol–water partition coefficient (Wildman–Crippen LogP) is 4.61. The van der Waals surface area contributed by atoms with Gasteiger partial charge < -0.3 is 0 Å². The summed E-state index contributed by atoms with van der Waals surface area (Å²) < 4.78 is 0.727. The maximum atomic E-state index is 12.0. The monoisotopic (exact) mass is 432 g/mol. The molecule has 0 aliphatic carbocycles. The van der Waals surface area contributed by atoms with E-state index < -0.39 is 4.92 Å². The third kappa shape index (κ3) is 6.32. The fourth-order valence-corrected chi connectivity index (χ4v) is 4.68. The first kappa shape index (κ1) is 20.3. The molecule has 0 saturated heterocycles. The molecule has 0 aliphatic heterocycles. The minimum Gasteiger partial charge on any atom is -0.300 e. The number of non-ortho nitro benzene ring substituents is 1. The van der Waals surface area contributed by atoms with E-state index in [1.165, 1.54) is 40.8 Å². The van der Waals surface area contributed by atoms with Crippen LogP contribution >= 0.6 is 34.9 Å². The van der Waals surface area contributed by atoms with Gasteiger partial charge >= 0.3 is 0 Å². The molecule has 1 N–H and O–H groups in total. The molecule has 1 heterocycles. The van der Waals surface area contributed by atoms with Gasteiger partial charge in [-0.2, -0.15) is 0 Å². The van der Waals surface area contributed by atoms with Crippen LogP contribution in [-0.4, -0.2) is 26.8 Å². The number of anilines is 1. The van der Waals surface area contributed by atoms with Gasteiger partial charge in [0.15, 0.2) is 4.34 Å². The number of benzene rings is 2. The molecule has 3 rings (SSSR count). The highest BCUT2D eigenvalue weighted by atomic mass is 32.2. The van der Waals surface area contributed by atoms with Crippen LogP contribution in [0, 0.1) is 10.1 Å². The van der Waals surface area contributed by atoms with Crippen LogP contribution in [-0.2, 0) is 16.3 Å². The number of amides is 1. The van der Waals surface area contributed by atoms with Crippen LogP contribution in [0.5, 0.6) is 0 Å². The van der Waals surface area contributed by atoms with Crippen LogP contribution < -0.4 is 5.32 Å². The van der Waals surface area contributed by atoms with E-state index in [2.05, 4.69) is 15.5 Å². The van der Waals surface area contributed by atoms with E-state index in [1.54, 1.807) is 23.9 Å². The molecule has 7 nitrogen and oxygen atoms in total. The Bertz CT molecular complexity index is 933. The number of nitro groups is 1. The smallest absolute Gasteiger partial charge is 0.269 e. The van der Waals surface area contributed by atoms with Crippen LogP contribution in [0.3, 0.4) is 0 Å². The zero-order valence-corrected chi connectivity index (χ0v) is 17.1. The fourth-order valence-electron chi connectivity index (χ4n) is 2.17. The molecule has 3 aromatic rings. The molecule has 1 amide bonds. The van der Waals surface area contributed by atoms with Crippen LogP contribution in [0.1, 0.15) is 11.1 Å². The van der Waals surface area contributed by atoms with E-state index in [1.807, 2.05) is 30.3 Å². The molecule has 144 valence electrons. The maximum absolute atomic E-state index is 12.0. The molecule has 1 aromatic heterocycles. The quantitative estimate of drug-likeness (QED) is 0.228. The van der Waals surface area contributed by atoms with Crippen molar-refractivity contribution in [2.24, 2.45) is 0 Å². The van der Waals surface area contributed by atoms with Crippen molar-refractivity contribution in [3.63, 3.8) is 0 Å². The number of carbonyl (C=O) groups excluding carboxylic acids is 1. The van der Waals surface area contributed by atoms with Gasteiger partial charge in [-0.3, -0.25) is 20.2 Å². The van der Waals surface area contributed by atoms with Crippen molar-refractivity contribution in [1.29, 1.82) is 0 Å². The molecule has 2 aromatic carbocycles. The summed E-state index contributed by atoms with van der Waals surface area (Å²) >= 11 is 4.32. The van der Waals surface area contributed by atoms with Crippen LogP contribution in [0.2, 0.25) is 0 Å². The Balaban J connectivity index is 1.42. The molecule has 10 heteroatoms. The maximum Gasteiger partial charge on any atom is 0.269 e. The number of hydrogen-bond donors (Lipinski definition) is 1. The molecule has 0 atom stereocenters. The molecule has 0 radical (unpaired) electrons. The highest BCUT2D eigenvalue weighted by Gasteiger charge is 2.10. The van der Waals surface area contributed by atoms with Gasteiger partial charge in [-0.25, -0.2) is 0 Å². The number of nitro benzene ring substituents is 1. The van der Waals surface area contributed by atoms with E-state index in [0.29, 0.717) is 16.6 Å². The van der Waals surface area contributed by atoms with Gasteiger partial charge in [-0.15, -0.1) is 22.0 Å². The average Bonchev–Trinajstić information content (AvgIpc) is 3.14. The number of nitrogens with one attached hydrogen (secondary N) is 1. The number of nitrogens with zero attached hydrogens (tertiary/aromatic N) is 3. The number of carbonyl (C=O) groups is 1. The largest absolute Gasteiger partial charge is 0.300 e. The van der Waals surface area contributed by atoms with E-state index >= 15 is 0 Å². The lowest BCUT2D eigenvalue weighted by molar-refractivity contribution is -0.384. The molecular weight excluding hydrogens is 416 g/mol. The normalized spacial score (nSPS) is 10.6. The minimum atomic E-state index is -0.422. The number of rotatable bonds is 9. The molecule has 0 unspecified atom stereocenters. The zero-order valence-electron chi connectivity index (χ0n) is 14.6. The number of thioether (sulfide) groups is 2. The van der Waals surface area contributed by atoms with E-state index in [9.17, 15) is 14.9 Å². The third-order valence-corrected chi connectivity index (χ3v) is 6.55. The van der Waals surface area contributed by atoms with Gasteiger partial charge in [0.1, 0.15) is 0 Å². The van der Waals surface area contributed by atoms with Gasteiger partial charge in [0.2, 0.25) is 11.0 Å². The molecule has 0 fully saturated rings. The molecule has 28 heavy (non-hydrogen) atoms. The Kier molecular flexibility index (Phi) is 7.40. The Morgan fingerprint density at radius 2 is 1.75 bits per heavy atom. The number of aromatic nitrogens is 2. The van der Waals surface area contributed by atoms with Crippen molar-refractivity contribution in [3.05, 3.63) is 75.8 Å². The van der Waals surface area contributed by atoms with Crippen molar-refractivity contribution < 1.29 is 9.72 Å². The molecule has 0 bridgehead atoms. The second-order valence-corrected chi connectivity index (χ2v) is 8.80. The van der Waals surface area contributed by atoms with Crippen LogP contribution in [0.15, 0.2) is 58.9 Å². The lowest BCUT2D eigenvalue weighted by Gasteiger charge is -2.02. The van der Waals surface area contributed by atoms with Gasteiger partial charge in [-0.05, 0) is 11.1 Å². The van der Waals surface area contributed by atoms with Crippen molar-refractivity contribution >= 4 is 51.6 Å². The van der Waals surface area contributed by atoms with Gasteiger partial charge in [-0.1, -0.05) is 65.6 Å². The Morgan fingerprint density at radius 3 is 2.46 bits per heavy atom.